The van der Waals surface area contributed by atoms with E-state index in [1.165, 1.54) is 13.2 Å². The van der Waals surface area contributed by atoms with Crippen molar-refractivity contribution in [1.29, 1.82) is 0 Å². The standard InChI is InChI=1S/C30H25O3P/c1-33-30(32)29(28(31)23-22-24-14-6-2-7-15-24)34(25-16-8-3-9-17-25,26-18-10-4-11-19-26)27-20-12-5-13-21-27/h2-23H,1H3. The molecule has 34 heavy (non-hydrogen) atoms. The van der Waals surface area contributed by atoms with Gasteiger partial charge in [0.15, 0.2) is 5.78 Å². The molecule has 0 aromatic heterocycles. The fourth-order valence-electron chi connectivity index (χ4n) is 4.10. The molecule has 0 fully saturated rings. The average Bonchev–Trinajstić information content (AvgIpc) is 2.92. The van der Waals surface area contributed by atoms with Crippen LogP contribution in [0, 0.1) is 0 Å². The molecule has 3 nitrogen and oxygen atoms in total. The van der Waals surface area contributed by atoms with Gasteiger partial charge in [0.2, 0.25) is 0 Å². The van der Waals surface area contributed by atoms with E-state index in [0.29, 0.717) is 0 Å². The van der Waals surface area contributed by atoms with Crippen LogP contribution in [0.2, 0.25) is 0 Å². The predicted octanol–water partition coefficient (Wildman–Crippen LogP) is 4.61. The number of ether oxygens (including phenoxy) is 1. The summed E-state index contributed by atoms with van der Waals surface area (Å²) in [5.74, 6) is -0.979. The van der Waals surface area contributed by atoms with Gasteiger partial charge in [0, 0.05) is 0 Å². The van der Waals surface area contributed by atoms with E-state index in [4.69, 9.17) is 4.74 Å². The molecule has 0 heterocycles. The summed E-state index contributed by atoms with van der Waals surface area (Å²) in [6, 6.07) is 38.9. The molecule has 0 N–H and O–H groups in total. The van der Waals surface area contributed by atoms with Crippen LogP contribution >= 0.6 is 6.89 Å². The third kappa shape index (κ3) is 4.57. The van der Waals surface area contributed by atoms with Crippen LogP contribution in [-0.2, 0) is 14.3 Å². The molecule has 0 radical (unpaired) electrons. The molecule has 0 spiro atoms. The topological polar surface area (TPSA) is 43.4 Å². The Morgan fingerprint density at radius 2 is 1.00 bits per heavy atom. The molecule has 0 aliphatic rings. The van der Waals surface area contributed by atoms with Crippen molar-refractivity contribution in [2.45, 2.75) is 0 Å². The summed E-state index contributed by atoms with van der Waals surface area (Å²) in [5, 5.41) is 2.88. The number of allylic oxidation sites excluding steroid dienone is 1. The molecular weight excluding hydrogens is 439 g/mol. The van der Waals surface area contributed by atoms with Crippen molar-refractivity contribution in [3.63, 3.8) is 0 Å². The van der Waals surface area contributed by atoms with Crippen LogP contribution in [0.15, 0.2) is 127 Å². The van der Waals surface area contributed by atoms with Gasteiger partial charge in [-0.2, -0.15) is 0 Å². The van der Waals surface area contributed by atoms with E-state index >= 15 is 0 Å². The Morgan fingerprint density at radius 3 is 1.38 bits per heavy atom. The third-order valence-electron chi connectivity index (χ3n) is 5.60. The lowest BCUT2D eigenvalue weighted by Gasteiger charge is -2.31. The minimum Gasteiger partial charge on any atom is -0.465 e. The number of benzene rings is 4. The van der Waals surface area contributed by atoms with Gasteiger partial charge < -0.3 is 4.74 Å². The van der Waals surface area contributed by atoms with Gasteiger partial charge in [-0.05, 0) is 34.4 Å². The molecule has 0 unspecified atom stereocenters. The first-order chi connectivity index (χ1) is 16.7. The molecular formula is C30H25O3P. The van der Waals surface area contributed by atoms with Crippen LogP contribution < -0.4 is 15.9 Å². The van der Waals surface area contributed by atoms with Gasteiger partial charge in [0.05, 0.1) is 7.11 Å². The summed E-state index contributed by atoms with van der Waals surface area (Å²) in [6.07, 6.45) is 3.21. The zero-order chi connectivity index (χ0) is 23.8. The lowest BCUT2D eigenvalue weighted by atomic mass is 10.2. The monoisotopic (exact) mass is 464 g/mol. The Kier molecular flexibility index (Phi) is 7.37. The van der Waals surface area contributed by atoms with Crippen molar-refractivity contribution in [2.75, 3.05) is 7.11 Å². The van der Waals surface area contributed by atoms with Gasteiger partial charge in [-0.1, -0.05) is 127 Å². The van der Waals surface area contributed by atoms with Gasteiger partial charge >= 0.3 is 5.97 Å². The molecule has 4 aromatic carbocycles. The van der Waals surface area contributed by atoms with E-state index in [-0.39, 0.29) is 11.1 Å². The van der Waals surface area contributed by atoms with Gasteiger partial charge in [-0.3, -0.25) is 4.79 Å². The number of hydrogen-bond acceptors (Lipinski definition) is 3. The smallest absolute Gasteiger partial charge is 0.342 e. The molecule has 0 aliphatic carbocycles. The SMILES string of the molecule is COC(=O)C(C(=O)C=Cc1ccccc1)=P(c1ccccc1)(c1ccccc1)c1ccccc1. The molecule has 0 amide bonds. The summed E-state index contributed by atoms with van der Waals surface area (Å²) in [4.78, 5) is 27.3. The van der Waals surface area contributed by atoms with Crippen molar-refractivity contribution in [3.05, 3.63) is 133 Å². The maximum absolute atomic E-state index is 13.9. The largest absolute Gasteiger partial charge is 0.465 e. The van der Waals surface area contributed by atoms with Gasteiger partial charge in [-0.15, -0.1) is 0 Å². The zero-order valence-corrected chi connectivity index (χ0v) is 19.8. The van der Waals surface area contributed by atoms with E-state index in [1.807, 2.05) is 121 Å². The van der Waals surface area contributed by atoms with Crippen molar-refractivity contribution in [2.24, 2.45) is 0 Å². The number of carbonyl (C=O) groups is 2. The quantitative estimate of drug-likeness (QED) is 0.174. The first kappa shape index (κ1) is 23.2. The molecule has 0 aliphatic heterocycles. The van der Waals surface area contributed by atoms with Crippen molar-refractivity contribution in [3.8, 4) is 0 Å². The predicted molar refractivity (Wildman–Crippen MR) is 143 cm³/mol. The van der Waals surface area contributed by atoms with E-state index in [1.54, 1.807) is 6.08 Å². The van der Waals surface area contributed by atoms with Crippen LogP contribution in [0.4, 0.5) is 0 Å². The Labute approximate surface area is 200 Å². The van der Waals surface area contributed by atoms with Crippen LogP contribution in [0.3, 0.4) is 0 Å². The summed E-state index contributed by atoms with van der Waals surface area (Å²) < 4.78 is 5.25. The molecule has 0 bridgehead atoms. The molecule has 0 saturated carbocycles. The molecule has 0 saturated heterocycles. The lowest BCUT2D eigenvalue weighted by molar-refractivity contribution is -0.133. The Hall–Kier alpha value is -3.94. The fraction of sp³-hybridized carbons (Fsp3) is 0.0333. The van der Waals surface area contributed by atoms with E-state index < -0.39 is 12.9 Å². The second kappa shape index (κ2) is 10.8. The Balaban J connectivity index is 2.14. The third-order valence-corrected chi connectivity index (χ3v) is 9.90. The number of rotatable bonds is 7. The summed E-state index contributed by atoms with van der Waals surface area (Å²) >= 11 is 0. The van der Waals surface area contributed by atoms with Crippen molar-refractivity contribution < 1.29 is 14.3 Å². The molecule has 168 valence electrons. The van der Waals surface area contributed by atoms with Gasteiger partial charge in [0.25, 0.3) is 0 Å². The Morgan fingerprint density at radius 1 is 0.618 bits per heavy atom. The zero-order valence-electron chi connectivity index (χ0n) is 18.9. The van der Waals surface area contributed by atoms with Crippen LogP contribution in [0.5, 0.6) is 0 Å². The van der Waals surface area contributed by atoms with Crippen LogP contribution in [0.25, 0.3) is 6.08 Å². The first-order valence-electron chi connectivity index (χ1n) is 11.0. The normalized spacial score (nSPS) is 11.2. The average molecular weight is 465 g/mol. The summed E-state index contributed by atoms with van der Waals surface area (Å²) in [7, 11) is 1.33. The van der Waals surface area contributed by atoms with Crippen LogP contribution in [0.1, 0.15) is 5.56 Å². The molecule has 4 heteroatoms. The molecule has 4 rings (SSSR count). The fourth-order valence-corrected chi connectivity index (χ4v) is 8.40. The second-order valence-corrected chi connectivity index (χ2v) is 11.0. The Bertz CT molecular complexity index is 1240. The maximum Gasteiger partial charge on any atom is 0.342 e. The maximum atomic E-state index is 13.9. The minimum absolute atomic E-state index is 0.144. The molecule has 4 aromatic rings. The highest BCUT2D eigenvalue weighted by Gasteiger charge is 2.36. The summed E-state index contributed by atoms with van der Waals surface area (Å²) in [5.41, 5.74) is 0.878. The molecule has 0 atom stereocenters. The van der Waals surface area contributed by atoms with Crippen LogP contribution in [-0.4, -0.2) is 24.2 Å². The highest BCUT2D eigenvalue weighted by Crippen LogP contribution is 2.46. The van der Waals surface area contributed by atoms with E-state index in [0.717, 1.165) is 21.5 Å². The first-order valence-corrected chi connectivity index (χ1v) is 12.8. The highest BCUT2D eigenvalue weighted by molar-refractivity contribution is 7.97. The number of carbonyl (C=O) groups excluding carboxylic acids is 2. The van der Waals surface area contributed by atoms with Crippen molar-refractivity contribution >= 4 is 45.9 Å². The lowest BCUT2D eigenvalue weighted by Crippen LogP contribution is -2.37. The summed E-state index contributed by atoms with van der Waals surface area (Å²) in [6.45, 7) is -2.87. The van der Waals surface area contributed by atoms with E-state index in [2.05, 4.69) is 0 Å². The number of esters is 1. The van der Waals surface area contributed by atoms with E-state index in [9.17, 15) is 9.59 Å². The number of ketones is 1. The van der Waals surface area contributed by atoms with Gasteiger partial charge in [0.1, 0.15) is 5.29 Å². The van der Waals surface area contributed by atoms with Crippen molar-refractivity contribution in [1.82, 2.24) is 0 Å². The second-order valence-electron chi connectivity index (χ2n) is 7.63. The number of methoxy groups -OCH3 is 1. The number of hydrogen-bond donors (Lipinski definition) is 0. The van der Waals surface area contributed by atoms with Gasteiger partial charge in [-0.25, -0.2) is 4.79 Å². The highest BCUT2D eigenvalue weighted by atomic mass is 31.2. The minimum atomic E-state index is -2.87.